The van der Waals surface area contributed by atoms with E-state index in [2.05, 4.69) is 10.1 Å². The second-order valence-electron chi connectivity index (χ2n) is 4.07. The average molecular weight is 217 g/mol. The second-order valence-corrected chi connectivity index (χ2v) is 4.07. The number of nitrogens with two attached hydrogens (primary N) is 1. The van der Waals surface area contributed by atoms with Gasteiger partial charge in [0.2, 0.25) is 0 Å². The van der Waals surface area contributed by atoms with Gasteiger partial charge in [-0.05, 0) is 26.0 Å². The van der Waals surface area contributed by atoms with Crippen LogP contribution in [-0.2, 0) is 6.42 Å². The minimum absolute atomic E-state index is 0.0444. The summed E-state index contributed by atoms with van der Waals surface area (Å²) in [7, 11) is 0. The smallest absolute Gasteiger partial charge is 0.257 e. The van der Waals surface area contributed by atoms with Crippen LogP contribution in [0.15, 0.2) is 28.8 Å². The number of nitrogens with zero attached hydrogens (tertiary/aromatic N) is 2. The standard InChI is InChI=1S/C12H15N3O/c1-8-4-3-5-10(6-8)12-14-11(15-16-12)7-9(2)13/h3-6,9H,7,13H2,1-2H3. The molecule has 2 N–H and O–H groups in total. The van der Waals surface area contributed by atoms with Gasteiger partial charge in [-0.2, -0.15) is 4.98 Å². The second kappa shape index (κ2) is 4.45. The minimum Gasteiger partial charge on any atom is -0.334 e. The monoisotopic (exact) mass is 217 g/mol. The fraction of sp³-hybridized carbons (Fsp3) is 0.333. The van der Waals surface area contributed by atoms with E-state index in [1.807, 2.05) is 38.1 Å². The van der Waals surface area contributed by atoms with Crippen LogP contribution in [0.25, 0.3) is 11.5 Å². The molecule has 0 spiro atoms. The molecule has 1 atom stereocenters. The first-order valence-corrected chi connectivity index (χ1v) is 5.30. The van der Waals surface area contributed by atoms with Crippen molar-refractivity contribution in [2.75, 3.05) is 0 Å². The summed E-state index contributed by atoms with van der Waals surface area (Å²) in [5, 5.41) is 3.90. The molecule has 1 aromatic heterocycles. The summed E-state index contributed by atoms with van der Waals surface area (Å²) in [4.78, 5) is 4.30. The number of hydrogen-bond acceptors (Lipinski definition) is 4. The van der Waals surface area contributed by atoms with E-state index in [0.29, 0.717) is 18.1 Å². The molecule has 0 radical (unpaired) electrons. The summed E-state index contributed by atoms with van der Waals surface area (Å²) < 4.78 is 5.19. The normalized spacial score (nSPS) is 12.7. The summed E-state index contributed by atoms with van der Waals surface area (Å²) in [6.45, 7) is 3.95. The molecular weight excluding hydrogens is 202 g/mol. The maximum Gasteiger partial charge on any atom is 0.257 e. The zero-order valence-corrected chi connectivity index (χ0v) is 9.47. The lowest BCUT2D eigenvalue weighted by Crippen LogP contribution is -2.18. The van der Waals surface area contributed by atoms with Crippen LogP contribution < -0.4 is 5.73 Å². The lowest BCUT2D eigenvalue weighted by Gasteiger charge is -1.97. The average Bonchev–Trinajstić information content (AvgIpc) is 2.65. The molecule has 2 aromatic rings. The summed E-state index contributed by atoms with van der Waals surface area (Å²) in [6, 6.07) is 8.02. The molecule has 0 fully saturated rings. The highest BCUT2D eigenvalue weighted by atomic mass is 16.5. The van der Waals surface area contributed by atoms with E-state index in [0.717, 1.165) is 5.56 Å². The topological polar surface area (TPSA) is 64.9 Å². The molecule has 84 valence electrons. The van der Waals surface area contributed by atoms with Gasteiger partial charge in [0, 0.05) is 18.0 Å². The Balaban J connectivity index is 2.24. The van der Waals surface area contributed by atoms with Crippen LogP contribution in [0.2, 0.25) is 0 Å². The van der Waals surface area contributed by atoms with Crippen LogP contribution in [-0.4, -0.2) is 16.2 Å². The maximum absolute atomic E-state index is 5.67. The van der Waals surface area contributed by atoms with E-state index < -0.39 is 0 Å². The summed E-state index contributed by atoms with van der Waals surface area (Å²) in [6.07, 6.45) is 0.634. The van der Waals surface area contributed by atoms with Gasteiger partial charge in [0.25, 0.3) is 5.89 Å². The van der Waals surface area contributed by atoms with Gasteiger partial charge < -0.3 is 10.3 Å². The highest BCUT2D eigenvalue weighted by Gasteiger charge is 2.09. The fourth-order valence-corrected chi connectivity index (χ4v) is 1.52. The lowest BCUT2D eigenvalue weighted by molar-refractivity contribution is 0.420. The quantitative estimate of drug-likeness (QED) is 0.853. The van der Waals surface area contributed by atoms with Crippen LogP contribution >= 0.6 is 0 Å². The Bertz CT molecular complexity index is 477. The Hall–Kier alpha value is -1.68. The predicted octanol–water partition coefficient (Wildman–Crippen LogP) is 1.93. The molecular formula is C12H15N3O. The largest absolute Gasteiger partial charge is 0.334 e. The molecule has 1 unspecified atom stereocenters. The number of hydrogen-bond donors (Lipinski definition) is 1. The van der Waals surface area contributed by atoms with E-state index in [4.69, 9.17) is 10.3 Å². The number of rotatable bonds is 3. The van der Waals surface area contributed by atoms with Crippen LogP contribution in [0, 0.1) is 6.92 Å². The molecule has 0 saturated heterocycles. The van der Waals surface area contributed by atoms with Crippen molar-refractivity contribution in [2.24, 2.45) is 5.73 Å². The van der Waals surface area contributed by atoms with Crippen molar-refractivity contribution in [1.82, 2.24) is 10.1 Å². The summed E-state index contributed by atoms with van der Waals surface area (Å²) in [5.41, 5.74) is 7.79. The van der Waals surface area contributed by atoms with Crippen molar-refractivity contribution in [3.05, 3.63) is 35.7 Å². The molecule has 4 nitrogen and oxygen atoms in total. The molecule has 0 aliphatic rings. The molecule has 4 heteroatoms. The van der Waals surface area contributed by atoms with E-state index in [-0.39, 0.29) is 6.04 Å². The van der Waals surface area contributed by atoms with Gasteiger partial charge >= 0.3 is 0 Å². The van der Waals surface area contributed by atoms with Gasteiger partial charge in [-0.1, -0.05) is 22.9 Å². The zero-order valence-electron chi connectivity index (χ0n) is 9.47. The van der Waals surface area contributed by atoms with Crippen molar-refractivity contribution in [1.29, 1.82) is 0 Å². The SMILES string of the molecule is Cc1cccc(-c2nc(CC(C)N)no2)c1. The van der Waals surface area contributed by atoms with Crippen molar-refractivity contribution < 1.29 is 4.52 Å². The van der Waals surface area contributed by atoms with Crippen molar-refractivity contribution in [2.45, 2.75) is 26.3 Å². The van der Waals surface area contributed by atoms with E-state index in [1.54, 1.807) is 0 Å². The Morgan fingerprint density at radius 3 is 2.94 bits per heavy atom. The van der Waals surface area contributed by atoms with E-state index in [9.17, 15) is 0 Å². The third-order valence-electron chi connectivity index (χ3n) is 2.24. The van der Waals surface area contributed by atoms with E-state index in [1.165, 1.54) is 5.56 Å². The summed E-state index contributed by atoms with van der Waals surface area (Å²) >= 11 is 0. The highest BCUT2D eigenvalue weighted by Crippen LogP contribution is 2.18. The molecule has 1 heterocycles. The van der Waals surface area contributed by atoms with Crippen molar-refractivity contribution in [3.8, 4) is 11.5 Å². The van der Waals surface area contributed by atoms with Crippen LogP contribution in [0.5, 0.6) is 0 Å². The first-order chi connectivity index (χ1) is 7.65. The molecule has 1 aromatic carbocycles. The first-order valence-electron chi connectivity index (χ1n) is 5.30. The zero-order chi connectivity index (χ0) is 11.5. The number of aryl methyl sites for hydroxylation is 1. The molecule has 0 aliphatic carbocycles. The van der Waals surface area contributed by atoms with Crippen LogP contribution in [0.1, 0.15) is 18.3 Å². The fourth-order valence-electron chi connectivity index (χ4n) is 1.52. The molecule has 0 saturated carbocycles. The third kappa shape index (κ3) is 2.46. The Morgan fingerprint density at radius 1 is 1.44 bits per heavy atom. The molecule has 16 heavy (non-hydrogen) atoms. The Morgan fingerprint density at radius 2 is 2.25 bits per heavy atom. The van der Waals surface area contributed by atoms with Crippen molar-refractivity contribution >= 4 is 0 Å². The minimum atomic E-state index is 0.0444. The number of aromatic nitrogens is 2. The first kappa shape index (κ1) is 10.8. The molecule has 0 amide bonds. The number of benzene rings is 1. The Labute approximate surface area is 94.5 Å². The van der Waals surface area contributed by atoms with Gasteiger partial charge in [0.05, 0.1) is 0 Å². The van der Waals surface area contributed by atoms with Crippen LogP contribution in [0.4, 0.5) is 0 Å². The Kier molecular flexibility index (Phi) is 3.01. The summed E-state index contributed by atoms with van der Waals surface area (Å²) in [5.74, 6) is 1.21. The van der Waals surface area contributed by atoms with Gasteiger partial charge in [-0.3, -0.25) is 0 Å². The molecule has 2 rings (SSSR count). The molecule has 0 bridgehead atoms. The van der Waals surface area contributed by atoms with Gasteiger partial charge in [0.15, 0.2) is 5.82 Å². The lowest BCUT2D eigenvalue weighted by atomic mass is 10.1. The van der Waals surface area contributed by atoms with Crippen molar-refractivity contribution in [3.63, 3.8) is 0 Å². The van der Waals surface area contributed by atoms with Crippen LogP contribution in [0.3, 0.4) is 0 Å². The van der Waals surface area contributed by atoms with Gasteiger partial charge in [-0.15, -0.1) is 0 Å². The predicted molar refractivity (Wildman–Crippen MR) is 61.8 cm³/mol. The van der Waals surface area contributed by atoms with E-state index >= 15 is 0 Å². The van der Waals surface area contributed by atoms with Gasteiger partial charge in [-0.25, -0.2) is 0 Å². The van der Waals surface area contributed by atoms with Gasteiger partial charge in [0.1, 0.15) is 0 Å². The third-order valence-corrected chi connectivity index (χ3v) is 2.24. The highest BCUT2D eigenvalue weighted by molar-refractivity contribution is 5.53. The maximum atomic E-state index is 5.67. The molecule has 0 aliphatic heterocycles.